The lowest BCUT2D eigenvalue weighted by Crippen LogP contribution is -2.01. The van der Waals surface area contributed by atoms with Gasteiger partial charge in [0.2, 0.25) is 0 Å². The molecular weight excluding hydrogens is 182 g/mol. The molecule has 0 aromatic carbocycles. The highest BCUT2D eigenvalue weighted by Crippen LogP contribution is 2.01. The maximum Gasteiger partial charge on any atom is 0.0341 e. The van der Waals surface area contributed by atoms with E-state index in [1.165, 1.54) is 0 Å². The molecule has 1 heteroatoms. The SMILES string of the molecule is C/C=C\C(C)=C/C(=N)C(C)C.CC.CC. The smallest absolute Gasteiger partial charge is 0.0341 e. The molecule has 0 saturated heterocycles. The highest BCUT2D eigenvalue weighted by atomic mass is 14.4. The molecule has 15 heavy (non-hydrogen) atoms. The number of hydrogen-bond donors (Lipinski definition) is 1. The van der Waals surface area contributed by atoms with Crippen LogP contribution >= 0.6 is 0 Å². The van der Waals surface area contributed by atoms with Crippen LogP contribution in [0.4, 0.5) is 0 Å². The Labute approximate surface area is 96.8 Å². The van der Waals surface area contributed by atoms with Crippen molar-refractivity contribution in [1.82, 2.24) is 0 Å². The summed E-state index contributed by atoms with van der Waals surface area (Å²) in [6.45, 7) is 16.1. The number of nitrogens with one attached hydrogen (secondary N) is 1. The Bertz CT molecular complexity index is 186. The Morgan fingerprint density at radius 3 is 1.73 bits per heavy atom. The fraction of sp³-hybridized carbons (Fsp3) is 0.643. The summed E-state index contributed by atoms with van der Waals surface area (Å²) >= 11 is 0. The minimum absolute atomic E-state index is 0.329. The van der Waals surface area contributed by atoms with E-state index in [9.17, 15) is 0 Å². The van der Waals surface area contributed by atoms with Gasteiger partial charge in [0.15, 0.2) is 0 Å². The van der Waals surface area contributed by atoms with Crippen molar-refractivity contribution in [3.8, 4) is 0 Å². The topological polar surface area (TPSA) is 23.9 Å². The van der Waals surface area contributed by atoms with Gasteiger partial charge in [-0.1, -0.05) is 53.7 Å². The molecular formula is C14H29N. The summed E-state index contributed by atoms with van der Waals surface area (Å²) in [6.07, 6.45) is 5.90. The van der Waals surface area contributed by atoms with E-state index in [4.69, 9.17) is 5.41 Å². The Morgan fingerprint density at radius 1 is 1.07 bits per heavy atom. The lowest BCUT2D eigenvalue weighted by Gasteiger charge is -2.01. The summed E-state index contributed by atoms with van der Waals surface area (Å²) in [5, 5.41) is 7.54. The van der Waals surface area contributed by atoms with E-state index in [1.54, 1.807) is 0 Å². The third-order valence-corrected chi connectivity index (χ3v) is 1.43. The number of rotatable bonds is 3. The molecule has 0 saturated carbocycles. The third kappa shape index (κ3) is 15.9. The molecule has 0 spiro atoms. The van der Waals surface area contributed by atoms with E-state index < -0.39 is 0 Å². The molecule has 0 aliphatic heterocycles. The van der Waals surface area contributed by atoms with Crippen LogP contribution in [0.15, 0.2) is 23.8 Å². The fourth-order valence-corrected chi connectivity index (χ4v) is 0.723. The van der Waals surface area contributed by atoms with Gasteiger partial charge in [-0.15, -0.1) is 0 Å². The molecule has 90 valence electrons. The van der Waals surface area contributed by atoms with Crippen LogP contribution < -0.4 is 0 Å². The van der Waals surface area contributed by atoms with Crippen molar-refractivity contribution >= 4 is 5.71 Å². The van der Waals surface area contributed by atoms with E-state index in [1.807, 2.05) is 73.6 Å². The van der Waals surface area contributed by atoms with Crippen LogP contribution in [0.5, 0.6) is 0 Å². The second kappa shape index (κ2) is 15.6. The number of allylic oxidation sites excluding steroid dienone is 4. The van der Waals surface area contributed by atoms with E-state index in [2.05, 4.69) is 0 Å². The molecule has 0 aromatic heterocycles. The first-order chi connectivity index (χ1) is 7.07. The van der Waals surface area contributed by atoms with Crippen LogP contribution in [-0.2, 0) is 0 Å². The van der Waals surface area contributed by atoms with Crippen molar-refractivity contribution in [3.05, 3.63) is 23.8 Å². The van der Waals surface area contributed by atoms with Gasteiger partial charge in [-0.2, -0.15) is 0 Å². The predicted molar refractivity (Wildman–Crippen MR) is 73.8 cm³/mol. The molecule has 0 unspecified atom stereocenters. The molecule has 0 bridgehead atoms. The molecule has 1 N–H and O–H groups in total. The van der Waals surface area contributed by atoms with Crippen molar-refractivity contribution in [3.63, 3.8) is 0 Å². The zero-order chi connectivity index (χ0) is 12.9. The Morgan fingerprint density at radius 2 is 1.47 bits per heavy atom. The average Bonchev–Trinajstić information content (AvgIpc) is 2.24. The summed E-state index contributed by atoms with van der Waals surface area (Å²) in [6, 6.07) is 0. The zero-order valence-corrected chi connectivity index (χ0v) is 11.8. The van der Waals surface area contributed by atoms with Gasteiger partial charge in [0, 0.05) is 5.71 Å². The van der Waals surface area contributed by atoms with Crippen LogP contribution in [-0.4, -0.2) is 5.71 Å². The summed E-state index contributed by atoms with van der Waals surface area (Å²) in [5.74, 6) is 0.329. The van der Waals surface area contributed by atoms with Crippen molar-refractivity contribution in [2.45, 2.75) is 55.4 Å². The molecule has 0 aliphatic carbocycles. The normalized spacial score (nSPS) is 10.3. The molecule has 0 heterocycles. The van der Waals surface area contributed by atoms with Gasteiger partial charge in [0.05, 0.1) is 0 Å². The summed E-state index contributed by atoms with van der Waals surface area (Å²) in [5.41, 5.74) is 1.84. The fourth-order valence-electron chi connectivity index (χ4n) is 0.723. The molecule has 0 fully saturated rings. The van der Waals surface area contributed by atoms with Crippen LogP contribution in [0.25, 0.3) is 0 Å². The minimum Gasteiger partial charge on any atom is -0.305 e. The van der Waals surface area contributed by atoms with Crippen LogP contribution in [0.1, 0.15) is 55.4 Å². The van der Waals surface area contributed by atoms with Crippen molar-refractivity contribution in [2.24, 2.45) is 5.92 Å². The van der Waals surface area contributed by atoms with E-state index in [0.29, 0.717) is 11.6 Å². The van der Waals surface area contributed by atoms with Gasteiger partial charge in [0.1, 0.15) is 0 Å². The first-order valence-electron chi connectivity index (χ1n) is 5.97. The summed E-state index contributed by atoms with van der Waals surface area (Å²) in [7, 11) is 0. The third-order valence-electron chi connectivity index (χ3n) is 1.43. The van der Waals surface area contributed by atoms with E-state index in [-0.39, 0.29) is 0 Å². The quantitative estimate of drug-likeness (QED) is 0.488. The predicted octanol–water partition coefficient (Wildman–Crippen LogP) is 5.24. The zero-order valence-electron chi connectivity index (χ0n) is 11.8. The monoisotopic (exact) mass is 211 g/mol. The Balaban J connectivity index is -0.000000318. The standard InChI is InChI=1S/C10H17N.2C2H6/c1-5-6-9(4)7-10(11)8(2)3;2*1-2/h5-8,11H,1-4H3;2*1-2H3/b6-5-,9-7-,11-10?;;. The maximum absolute atomic E-state index is 7.54. The van der Waals surface area contributed by atoms with Crippen LogP contribution in [0.3, 0.4) is 0 Å². The Hall–Kier alpha value is -0.850. The van der Waals surface area contributed by atoms with Gasteiger partial charge >= 0.3 is 0 Å². The van der Waals surface area contributed by atoms with Crippen molar-refractivity contribution in [1.29, 1.82) is 5.41 Å². The first kappa shape index (κ1) is 19.7. The van der Waals surface area contributed by atoms with Gasteiger partial charge < -0.3 is 5.41 Å². The molecule has 1 nitrogen and oxygen atoms in total. The van der Waals surface area contributed by atoms with Crippen LogP contribution in [0.2, 0.25) is 0 Å². The second-order valence-corrected chi connectivity index (χ2v) is 3.00. The molecule has 0 aromatic rings. The molecule has 0 rings (SSSR count). The Kier molecular flexibility index (Phi) is 20.5. The molecule has 0 amide bonds. The molecule has 0 radical (unpaired) electrons. The van der Waals surface area contributed by atoms with Gasteiger partial charge in [0.25, 0.3) is 0 Å². The average molecular weight is 211 g/mol. The van der Waals surface area contributed by atoms with Crippen molar-refractivity contribution < 1.29 is 0 Å². The lowest BCUT2D eigenvalue weighted by atomic mass is 10.1. The molecule has 0 aliphatic rings. The highest BCUT2D eigenvalue weighted by Gasteiger charge is 1.97. The van der Waals surface area contributed by atoms with Crippen molar-refractivity contribution in [2.75, 3.05) is 0 Å². The van der Waals surface area contributed by atoms with Gasteiger partial charge in [-0.05, 0) is 31.4 Å². The minimum atomic E-state index is 0.329. The highest BCUT2D eigenvalue weighted by molar-refractivity contribution is 5.94. The first-order valence-corrected chi connectivity index (χ1v) is 5.97. The summed E-state index contributed by atoms with van der Waals surface area (Å²) in [4.78, 5) is 0. The lowest BCUT2D eigenvalue weighted by molar-refractivity contribution is 0.881. The number of hydrogen-bond acceptors (Lipinski definition) is 1. The van der Waals surface area contributed by atoms with Gasteiger partial charge in [-0.3, -0.25) is 0 Å². The van der Waals surface area contributed by atoms with E-state index >= 15 is 0 Å². The second-order valence-electron chi connectivity index (χ2n) is 3.00. The summed E-state index contributed by atoms with van der Waals surface area (Å²) < 4.78 is 0. The van der Waals surface area contributed by atoms with Gasteiger partial charge in [-0.25, -0.2) is 0 Å². The maximum atomic E-state index is 7.54. The van der Waals surface area contributed by atoms with E-state index in [0.717, 1.165) is 5.57 Å². The van der Waals surface area contributed by atoms with Crippen LogP contribution in [0, 0.1) is 11.3 Å². The molecule has 0 atom stereocenters. The largest absolute Gasteiger partial charge is 0.305 e.